The van der Waals surface area contributed by atoms with E-state index in [0.717, 1.165) is 24.7 Å². The van der Waals surface area contributed by atoms with E-state index >= 15 is 0 Å². The standard InChI is InChI=1S/C19H30N2/c1-3-11-20-17-12-18-9-6-10-19(13-17)21(18)14-16-8-5-4-7-15(16)2/h4-5,7-8,17-20H,3,6,9-14H2,1-2H3. The highest BCUT2D eigenvalue weighted by molar-refractivity contribution is 5.25. The smallest absolute Gasteiger partial charge is 0.0242 e. The summed E-state index contributed by atoms with van der Waals surface area (Å²) >= 11 is 0. The fraction of sp³-hybridized carbons (Fsp3) is 0.684. The second-order valence-corrected chi connectivity index (χ2v) is 6.96. The maximum atomic E-state index is 3.77. The summed E-state index contributed by atoms with van der Waals surface area (Å²) in [6.07, 6.45) is 8.17. The molecule has 2 unspecified atom stereocenters. The van der Waals surface area contributed by atoms with Crippen LogP contribution >= 0.6 is 0 Å². The third-order valence-electron chi connectivity index (χ3n) is 5.42. The molecule has 2 heteroatoms. The Morgan fingerprint density at radius 3 is 2.52 bits per heavy atom. The number of benzene rings is 1. The van der Waals surface area contributed by atoms with Crippen LogP contribution in [0.25, 0.3) is 0 Å². The first kappa shape index (κ1) is 15.1. The zero-order chi connectivity index (χ0) is 14.7. The molecular weight excluding hydrogens is 256 g/mol. The van der Waals surface area contributed by atoms with Crippen LogP contribution in [-0.4, -0.2) is 29.6 Å². The van der Waals surface area contributed by atoms with Crippen molar-refractivity contribution >= 4 is 0 Å². The van der Waals surface area contributed by atoms with Gasteiger partial charge in [0.1, 0.15) is 0 Å². The Bertz CT molecular complexity index is 443. The summed E-state index contributed by atoms with van der Waals surface area (Å²) in [5.74, 6) is 0. The van der Waals surface area contributed by atoms with E-state index in [4.69, 9.17) is 0 Å². The minimum Gasteiger partial charge on any atom is -0.314 e. The van der Waals surface area contributed by atoms with E-state index < -0.39 is 0 Å². The maximum absolute atomic E-state index is 3.77. The van der Waals surface area contributed by atoms with Crippen LogP contribution in [0.4, 0.5) is 0 Å². The number of hydrogen-bond donors (Lipinski definition) is 1. The Morgan fingerprint density at radius 1 is 1.14 bits per heavy atom. The van der Waals surface area contributed by atoms with Gasteiger partial charge in [0.25, 0.3) is 0 Å². The molecule has 0 aromatic heterocycles. The summed E-state index contributed by atoms with van der Waals surface area (Å²) in [6.45, 7) is 6.85. The highest BCUT2D eigenvalue weighted by Crippen LogP contribution is 2.35. The predicted molar refractivity (Wildman–Crippen MR) is 89.5 cm³/mol. The summed E-state index contributed by atoms with van der Waals surface area (Å²) in [5, 5.41) is 3.77. The Morgan fingerprint density at radius 2 is 1.86 bits per heavy atom. The van der Waals surface area contributed by atoms with Crippen molar-refractivity contribution in [2.75, 3.05) is 6.54 Å². The number of nitrogens with zero attached hydrogens (tertiary/aromatic N) is 1. The van der Waals surface area contributed by atoms with Crippen molar-refractivity contribution in [1.82, 2.24) is 10.2 Å². The molecule has 2 aliphatic heterocycles. The van der Waals surface area contributed by atoms with E-state index in [0.29, 0.717) is 0 Å². The molecule has 0 radical (unpaired) electrons. The quantitative estimate of drug-likeness (QED) is 0.883. The van der Waals surface area contributed by atoms with Crippen LogP contribution in [0.5, 0.6) is 0 Å². The zero-order valence-corrected chi connectivity index (χ0v) is 13.6. The van der Waals surface area contributed by atoms with E-state index in [-0.39, 0.29) is 0 Å². The van der Waals surface area contributed by atoms with Crippen LogP contribution in [0.2, 0.25) is 0 Å². The summed E-state index contributed by atoms with van der Waals surface area (Å²) in [6, 6.07) is 11.3. The van der Waals surface area contributed by atoms with Crippen molar-refractivity contribution in [3.8, 4) is 0 Å². The van der Waals surface area contributed by atoms with Crippen LogP contribution in [0.15, 0.2) is 24.3 Å². The third-order valence-corrected chi connectivity index (χ3v) is 5.42. The number of fused-ring (bicyclic) bond motifs is 2. The largest absolute Gasteiger partial charge is 0.314 e. The van der Waals surface area contributed by atoms with Gasteiger partial charge in [-0.3, -0.25) is 4.90 Å². The Balaban J connectivity index is 1.68. The molecule has 1 N–H and O–H groups in total. The Labute approximate surface area is 129 Å². The van der Waals surface area contributed by atoms with Gasteiger partial charge in [0.2, 0.25) is 0 Å². The molecule has 0 spiro atoms. The second-order valence-electron chi connectivity index (χ2n) is 6.96. The highest BCUT2D eigenvalue weighted by Gasteiger charge is 2.37. The van der Waals surface area contributed by atoms with Crippen molar-refractivity contribution in [3.63, 3.8) is 0 Å². The molecule has 0 aliphatic carbocycles. The van der Waals surface area contributed by atoms with E-state index in [1.807, 2.05) is 0 Å². The summed E-state index contributed by atoms with van der Waals surface area (Å²) in [4.78, 5) is 2.82. The molecule has 0 saturated carbocycles. The van der Waals surface area contributed by atoms with E-state index in [1.54, 1.807) is 0 Å². The lowest BCUT2D eigenvalue weighted by Crippen LogP contribution is -2.55. The molecule has 116 valence electrons. The topological polar surface area (TPSA) is 15.3 Å². The van der Waals surface area contributed by atoms with Crippen LogP contribution in [0, 0.1) is 6.92 Å². The molecular formula is C19H30N2. The summed E-state index contributed by atoms with van der Waals surface area (Å²) in [5.41, 5.74) is 2.97. The van der Waals surface area contributed by atoms with Gasteiger partial charge in [-0.15, -0.1) is 0 Å². The molecule has 1 aromatic carbocycles. The molecule has 2 atom stereocenters. The lowest BCUT2D eigenvalue weighted by atomic mass is 9.81. The first-order chi connectivity index (χ1) is 10.3. The normalized spacial score (nSPS) is 29.5. The van der Waals surface area contributed by atoms with Gasteiger partial charge < -0.3 is 5.32 Å². The Hall–Kier alpha value is -0.860. The van der Waals surface area contributed by atoms with Gasteiger partial charge in [0.05, 0.1) is 0 Å². The molecule has 2 heterocycles. The van der Waals surface area contributed by atoms with Gasteiger partial charge >= 0.3 is 0 Å². The second kappa shape index (κ2) is 6.93. The number of rotatable bonds is 5. The van der Waals surface area contributed by atoms with Gasteiger partial charge in [-0.25, -0.2) is 0 Å². The fourth-order valence-electron chi connectivity index (χ4n) is 4.24. The third kappa shape index (κ3) is 3.49. The molecule has 21 heavy (non-hydrogen) atoms. The monoisotopic (exact) mass is 286 g/mol. The van der Waals surface area contributed by atoms with E-state index in [9.17, 15) is 0 Å². The molecule has 2 fully saturated rings. The van der Waals surface area contributed by atoms with Gasteiger partial charge in [0, 0.05) is 24.7 Å². The number of aryl methyl sites for hydroxylation is 1. The molecule has 3 rings (SSSR count). The minimum atomic E-state index is 0.758. The number of hydrogen-bond acceptors (Lipinski definition) is 2. The molecule has 0 amide bonds. The van der Waals surface area contributed by atoms with Gasteiger partial charge in [-0.05, 0) is 56.7 Å². The Kier molecular flexibility index (Phi) is 4.97. The van der Waals surface area contributed by atoms with Crippen LogP contribution in [0.3, 0.4) is 0 Å². The first-order valence-corrected chi connectivity index (χ1v) is 8.81. The van der Waals surface area contributed by atoms with Gasteiger partial charge in [-0.2, -0.15) is 0 Å². The van der Waals surface area contributed by atoms with Gasteiger partial charge in [-0.1, -0.05) is 37.6 Å². The van der Waals surface area contributed by atoms with Crippen molar-refractivity contribution in [3.05, 3.63) is 35.4 Å². The van der Waals surface area contributed by atoms with Crippen LogP contribution < -0.4 is 5.32 Å². The van der Waals surface area contributed by atoms with Crippen molar-refractivity contribution in [1.29, 1.82) is 0 Å². The first-order valence-electron chi connectivity index (χ1n) is 8.81. The maximum Gasteiger partial charge on any atom is 0.0242 e. The van der Waals surface area contributed by atoms with E-state index in [1.165, 1.54) is 56.2 Å². The predicted octanol–water partition coefficient (Wildman–Crippen LogP) is 3.88. The molecule has 1 aromatic rings. The SMILES string of the molecule is CCCNC1CC2CCCC(C1)N2Cc1ccccc1C. The van der Waals surface area contributed by atoms with Crippen LogP contribution in [-0.2, 0) is 6.54 Å². The highest BCUT2D eigenvalue weighted by atomic mass is 15.2. The lowest BCUT2D eigenvalue weighted by molar-refractivity contribution is 0.0176. The van der Waals surface area contributed by atoms with Crippen molar-refractivity contribution in [2.45, 2.75) is 77.0 Å². The van der Waals surface area contributed by atoms with E-state index in [2.05, 4.69) is 48.3 Å². The van der Waals surface area contributed by atoms with Gasteiger partial charge in [0.15, 0.2) is 0 Å². The van der Waals surface area contributed by atoms with Crippen molar-refractivity contribution in [2.24, 2.45) is 0 Å². The fourth-order valence-corrected chi connectivity index (χ4v) is 4.24. The summed E-state index contributed by atoms with van der Waals surface area (Å²) in [7, 11) is 0. The van der Waals surface area contributed by atoms with Crippen LogP contribution in [0.1, 0.15) is 56.6 Å². The average molecular weight is 286 g/mol. The lowest BCUT2D eigenvalue weighted by Gasteiger charge is -2.49. The molecule has 2 bridgehead atoms. The molecule has 2 saturated heterocycles. The number of piperidine rings is 2. The molecule has 2 aliphatic rings. The average Bonchev–Trinajstić information content (AvgIpc) is 2.47. The summed E-state index contributed by atoms with van der Waals surface area (Å²) < 4.78 is 0. The number of nitrogens with one attached hydrogen (secondary N) is 1. The minimum absolute atomic E-state index is 0.758. The molecule has 2 nitrogen and oxygen atoms in total. The zero-order valence-electron chi connectivity index (χ0n) is 13.6. The van der Waals surface area contributed by atoms with Crippen molar-refractivity contribution < 1.29 is 0 Å².